The van der Waals surface area contributed by atoms with Gasteiger partial charge in [-0.3, -0.25) is 4.90 Å². The van der Waals surface area contributed by atoms with E-state index in [0.717, 1.165) is 12.2 Å². The van der Waals surface area contributed by atoms with Gasteiger partial charge in [-0.25, -0.2) is 0 Å². The number of rotatable bonds is 4. The standard InChI is InChI=1S/C14H18ClN3/c1-11(18-6-2-3-7-18)10-17-14-8-13(15)5-4-12(14)9-16/h4-5,8,11,17H,2-3,6-7,10H2,1H3. The Morgan fingerprint density at radius 3 is 2.83 bits per heavy atom. The van der Waals surface area contributed by atoms with Gasteiger partial charge < -0.3 is 5.32 Å². The second-order valence-corrected chi connectivity index (χ2v) is 5.21. The lowest BCUT2D eigenvalue weighted by atomic mass is 10.2. The molecule has 1 aliphatic heterocycles. The van der Waals surface area contributed by atoms with Gasteiger partial charge in [0, 0.05) is 17.6 Å². The van der Waals surface area contributed by atoms with Crippen LogP contribution in [0.3, 0.4) is 0 Å². The number of likely N-dealkylation sites (tertiary alicyclic amines) is 1. The SMILES string of the molecule is CC(CNc1cc(Cl)ccc1C#N)N1CCCC1. The van der Waals surface area contributed by atoms with Crippen molar-refractivity contribution in [3.63, 3.8) is 0 Å². The Labute approximate surface area is 113 Å². The number of benzene rings is 1. The predicted molar refractivity (Wildman–Crippen MR) is 74.9 cm³/mol. The van der Waals surface area contributed by atoms with E-state index in [-0.39, 0.29) is 0 Å². The Morgan fingerprint density at radius 2 is 2.17 bits per heavy atom. The molecule has 0 saturated carbocycles. The van der Waals surface area contributed by atoms with Crippen LogP contribution in [0, 0.1) is 11.3 Å². The van der Waals surface area contributed by atoms with Crippen molar-refractivity contribution in [3.05, 3.63) is 28.8 Å². The third-order valence-electron chi connectivity index (χ3n) is 3.45. The topological polar surface area (TPSA) is 39.1 Å². The maximum Gasteiger partial charge on any atom is 0.101 e. The summed E-state index contributed by atoms with van der Waals surface area (Å²) >= 11 is 5.96. The molecule has 2 rings (SSSR count). The minimum absolute atomic E-state index is 0.484. The third-order valence-corrected chi connectivity index (χ3v) is 3.69. The molecule has 1 N–H and O–H groups in total. The molecule has 0 radical (unpaired) electrons. The highest BCUT2D eigenvalue weighted by Crippen LogP contribution is 2.21. The molecule has 4 heteroatoms. The normalized spacial score (nSPS) is 17.4. The summed E-state index contributed by atoms with van der Waals surface area (Å²) in [5, 5.41) is 13.0. The van der Waals surface area contributed by atoms with Gasteiger partial charge in [0.1, 0.15) is 6.07 Å². The van der Waals surface area contributed by atoms with Crippen molar-refractivity contribution in [2.45, 2.75) is 25.8 Å². The van der Waals surface area contributed by atoms with E-state index in [1.807, 2.05) is 6.07 Å². The summed E-state index contributed by atoms with van der Waals surface area (Å²) in [6, 6.07) is 7.98. The van der Waals surface area contributed by atoms with Gasteiger partial charge in [-0.2, -0.15) is 5.26 Å². The molecule has 1 aromatic carbocycles. The molecule has 18 heavy (non-hydrogen) atoms. The van der Waals surface area contributed by atoms with E-state index in [1.54, 1.807) is 12.1 Å². The molecule has 0 amide bonds. The number of anilines is 1. The maximum atomic E-state index is 9.04. The zero-order chi connectivity index (χ0) is 13.0. The van der Waals surface area contributed by atoms with E-state index < -0.39 is 0 Å². The largest absolute Gasteiger partial charge is 0.382 e. The van der Waals surface area contributed by atoms with Crippen LogP contribution in [0.25, 0.3) is 0 Å². The first-order chi connectivity index (χ1) is 8.70. The van der Waals surface area contributed by atoms with Gasteiger partial charge in [0.2, 0.25) is 0 Å². The predicted octanol–water partition coefficient (Wildman–Crippen LogP) is 3.11. The Hall–Kier alpha value is -1.24. The lowest BCUT2D eigenvalue weighted by Crippen LogP contribution is -2.35. The first kappa shape index (κ1) is 13.2. The van der Waals surface area contributed by atoms with Crippen LogP contribution < -0.4 is 5.32 Å². The van der Waals surface area contributed by atoms with Crippen LogP contribution >= 0.6 is 11.6 Å². The highest BCUT2D eigenvalue weighted by molar-refractivity contribution is 6.30. The maximum absolute atomic E-state index is 9.04. The molecular weight excluding hydrogens is 246 g/mol. The molecule has 0 bridgehead atoms. The number of nitriles is 1. The summed E-state index contributed by atoms with van der Waals surface area (Å²) in [6.07, 6.45) is 2.59. The minimum Gasteiger partial charge on any atom is -0.382 e. The Morgan fingerprint density at radius 1 is 1.44 bits per heavy atom. The fourth-order valence-corrected chi connectivity index (χ4v) is 2.50. The molecule has 0 spiro atoms. The van der Waals surface area contributed by atoms with E-state index in [1.165, 1.54) is 25.9 Å². The highest BCUT2D eigenvalue weighted by atomic mass is 35.5. The van der Waals surface area contributed by atoms with Crippen molar-refractivity contribution in [2.24, 2.45) is 0 Å². The van der Waals surface area contributed by atoms with Crippen molar-refractivity contribution in [2.75, 3.05) is 25.0 Å². The number of halogens is 1. The second kappa shape index (κ2) is 6.08. The summed E-state index contributed by atoms with van der Waals surface area (Å²) in [5.41, 5.74) is 1.48. The Kier molecular flexibility index (Phi) is 4.46. The quantitative estimate of drug-likeness (QED) is 0.907. The molecule has 0 aliphatic carbocycles. The zero-order valence-electron chi connectivity index (χ0n) is 10.6. The summed E-state index contributed by atoms with van der Waals surface area (Å²) in [4.78, 5) is 2.48. The smallest absolute Gasteiger partial charge is 0.101 e. The van der Waals surface area contributed by atoms with Gasteiger partial charge in [-0.05, 0) is 51.1 Å². The zero-order valence-corrected chi connectivity index (χ0v) is 11.4. The van der Waals surface area contributed by atoms with Gasteiger partial charge in [0.15, 0.2) is 0 Å². The van der Waals surface area contributed by atoms with E-state index >= 15 is 0 Å². The summed E-state index contributed by atoms with van der Waals surface area (Å²) < 4.78 is 0. The molecular formula is C14H18ClN3. The van der Waals surface area contributed by atoms with Gasteiger partial charge in [0.25, 0.3) is 0 Å². The number of nitrogens with zero attached hydrogens (tertiary/aromatic N) is 2. The fourth-order valence-electron chi connectivity index (χ4n) is 2.33. The summed E-state index contributed by atoms with van der Waals surface area (Å²) in [5.74, 6) is 0. The Bertz CT molecular complexity index is 447. The van der Waals surface area contributed by atoms with Crippen molar-refractivity contribution < 1.29 is 0 Å². The molecule has 1 aromatic rings. The third kappa shape index (κ3) is 3.16. The van der Waals surface area contributed by atoms with Gasteiger partial charge in [-0.1, -0.05) is 11.6 Å². The number of hydrogen-bond donors (Lipinski definition) is 1. The molecule has 3 nitrogen and oxygen atoms in total. The van der Waals surface area contributed by atoms with E-state index in [2.05, 4.69) is 23.2 Å². The highest BCUT2D eigenvalue weighted by Gasteiger charge is 2.17. The summed E-state index contributed by atoms with van der Waals surface area (Å²) in [7, 11) is 0. The minimum atomic E-state index is 0.484. The van der Waals surface area contributed by atoms with Crippen LogP contribution in [-0.2, 0) is 0 Å². The fraction of sp³-hybridized carbons (Fsp3) is 0.500. The van der Waals surface area contributed by atoms with Gasteiger partial charge in [-0.15, -0.1) is 0 Å². The van der Waals surface area contributed by atoms with Crippen molar-refractivity contribution in [1.82, 2.24) is 4.90 Å². The molecule has 1 atom stereocenters. The van der Waals surface area contributed by atoms with Crippen LogP contribution in [0.4, 0.5) is 5.69 Å². The van der Waals surface area contributed by atoms with E-state index in [4.69, 9.17) is 16.9 Å². The number of nitrogens with one attached hydrogen (secondary N) is 1. The molecule has 0 aromatic heterocycles. The average molecular weight is 264 g/mol. The second-order valence-electron chi connectivity index (χ2n) is 4.77. The van der Waals surface area contributed by atoms with Crippen LogP contribution in [0.1, 0.15) is 25.3 Å². The van der Waals surface area contributed by atoms with Crippen LogP contribution in [0.2, 0.25) is 5.02 Å². The molecule has 1 unspecified atom stereocenters. The molecule has 1 fully saturated rings. The lowest BCUT2D eigenvalue weighted by molar-refractivity contribution is 0.269. The monoisotopic (exact) mass is 263 g/mol. The molecule has 96 valence electrons. The first-order valence-corrected chi connectivity index (χ1v) is 6.76. The van der Waals surface area contributed by atoms with E-state index in [0.29, 0.717) is 16.6 Å². The van der Waals surface area contributed by atoms with Crippen LogP contribution in [0.15, 0.2) is 18.2 Å². The summed E-state index contributed by atoms with van der Waals surface area (Å²) in [6.45, 7) is 5.43. The van der Waals surface area contributed by atoms with Crippen molar-refractivity contribution >= 4 is 17.3 Å². The van der Waals surface area contributed by atoms with Gasteiger partial charge in [0.05, 0.1) is 11.3 Å². The number of hydrogen-bond acceptors (Lipinski definition) is 3. The first-order valence-electron chi connectivity index (χ1n) is 6.38. The molecule has 1 heterocycles. The molecule has 1 saturated heterocycles. The van der Waals surface area contributed by atoms with Crippen molar-refractivity contribution in [3.8, 4) is 6.07 Å². The van der Waals surface area contributed by atoms with Gasteiger partial charge >= 0.3 is 0 Å². The average Bonchev–Trinajstić information content (AvgIpc) is 2.90. The molecule has 1 aliphatic rings. The van der Waals surface area contributed by atoms with E-state index in [9.17, 15) is 0 Å². The van der Waals surface area contributed by atoms with Crippen LogP contribution in [-0.4, -0.2) is 30.6 Å². The van der Waals surface area contributed by atoms with Crippen molar-refractivity contribution in [1.29, 1.82) is 5.26 Å². The lowest BCUT2D eigenvalue weighted by Gasteiger charge is -2.24. The Balaban J connectivity index is 1.97. The van der Waals surface area contributed by atoms with Crippen LogP contribution in [0.5, 0.6) is 0 Å².